The molecule has 4 heteroatoms. The number of fused-ring (bicyclic) bond motifs is 7. The first kappa shape index (κ1) is 22.7. The van der Waals surface area contributed by atoms with E-state index >= 15 is 0 Å². The van der Waals surface area contributed by atoms with Gasteiger partial charge in [-0.25, -0.2) is 0 Å². The van der Waals surface area contributed by atoms with Crippen molar-refractivity contribution in [3.05, 3.63) is 144 Å². The quantitative estimate of drug-likeness (QED) is 0.204. The molecule has 0 unspecified atom stereocenters. The van der Waals surface area contributed by atoms with Gasteiger partial charge < -0.3 is 4.57 Å². The average molecular weight is 543 g/mol. The predicted molar refractivity (Wildman–Crippen MR) is 171 cm³/mol. The Morgan fingerprint density at radius 2 is 1.15 bits per heavy atom. The number of para-hydroxylation sites is 3. The van der Waals surface area contributed by atoms with Gasteiger partial charge in [0.15, 0.2) is 0 Å². The molecule has 3 nitrogen and oxygen atoms in total. The van der Waals surface area contributed by atoms with E-state index in [9.17, 15) is 4.79 Å². The third-order valence-electron chi connectivity index (χ3n) is 8.30. The third kappa shape index (κ3) is 3.19. The second-order valence-electron chi connectivity index (χ2n) is 10.5. The van der Waals surface area contributed by atoms with Gasteiger partial charge >= 0.3 is 0 Å². The molecule has 6 aromatic carbocycles. The summed E-state index contributed by atoms with van der Waals surface area (Å²) in [5, 5.41) is 5.29. The van der Waals surface area contributed by atoms with Crippen molar-refractivity contribution in [3.63, 3.8) is 0 Å². The van der Waals surface area contributed by atoms with Gasteiger partial charge in [0.25, 0.3) is 5.56 Å². The highest BCUT2D eigenvalue weighted by Crippen LogP contribution is 2.45. The number of aromatic nitrogens is 2. The van der Waals surface area contributed by atoms with E-state index < -0.39 is 0 Å². The van der Waals surface area contributed by atoms with E-state index in [0.29, 0.717) is 0 Å². The molecule has 2 aromatic heterocycles. The highest BCUT2D eigenvalue weighted by atomic mass is 32.2. The molecular formula is C37H22N2OS. The zero-order chi connectivity index (χ0) is 27.1. The number of benzene rings is 6. The highest BCUT2D eigenvalue weighted by molar-refractivity contribution is 7.99. The Morgan fingerprint density at radius 1 is 0.463 bits per heavy atom. The summed E-state index contributed by atoms with van der Waals surface area (Å²) in [6.45, 7) is 0. The second-order valence-corrected chi connectivity index (χ2v) is 11.6. The van der Waals surface area contributed by atoms with E-state index in [1.165, 1.54) is 21.8 Å². The number of hydrogen-bond donors (Lipinski definition) is 0. The first-order chi connectivity index (χ1) is 20.3. The summed E-state index contributed by atoms with van der Waals surface area (Å²) in [7, 11) is 0. The fourth-order valence-electron chi connectivity index (χ4n) is 6.50. The van der Waals surface area contributed by atoms with Crippen LogP contribution >= 0.6 is 11.8 Å². The summed E-state index contributed by atoms with van der Waals surface area (Å²) in [6.07, 6.45) is 0. The van der Waals surface area contributed by atoms with Crippen LogP contribution in [-0.2, 0) is 0 Å². The van der Waals surface area contributed by atoms with E-state index in [1.807, 2.05) is 41.0 Å². The lowest BCUT2D eigenvalue weighted by molar-refractivity contribution is 1.00. The topological polar surface area (TPSA) is 26.9 Å². The van der Waals surface area contributed by atoms with Crippen LogP contribution in [0.3, 0.4) is 0 Å². The van der Waals surface area contributed by atoms with Gasteiger partial charge in [0.1, 0.15) is 0 Å². The van der Waals surface area contributed by atoms with Crippen molar-refractivity contribution in [2.24, 2.45) is 0 Å². The van der Waals surface area contributed by atoms with Crippen LogP contribution in [0.2, 0.25) is 0 Å². The van der Waals surface area contributed by atoms with Crippen molar-refractivity contribution in [1.82, 2.24) is 9.13 Å². The van der Waals surface area contributed by atoms with Crippen molar-refractivity contribution in [1.29, 1.82) is 0 Å². The predicted octanol–water partition coefficient (Wildman–Crippen LogP) is 9.37. The molecule has 41 heavy (non-hydrogen) atoms. The highest BCUT2D eigenvalue weighted by Gasteiger charge is 2.23. The number of pyridine rings is 1. The molecule has 0 N–H and O–H groups in total. The molecule has 0 radical (unpaired) electrons. The van der Waals surface area contributed by atoms with E-state index in [2.05, 4.69) is 102 Å². The molecule has 0 spiro atoms. The zero-order valence-electron chi connectivity index (χ0n) is 21.9. The van der Waals surface area contributed by atoms with Gasteiger partial charge in [0.05, 0.1) is 22.2 Å². The molecule has 9 rings (SSSR count). The number of nitrogens with zero attached hydrogens (tertiary/aromatic N) is 2. The Kier molecular flexibility index (Phi) is 4.69. The molecular weight excluding hydrogens is 520 g/mol. The first-order valence-electron chi connectivity index (χ1n) is 13.7. The van der Waals surface area contributed by atoms with E-state index in [4.69, 9.17) is 0 Å². The largest absolute Gasteiger partial charge is 0.309 e. The third-order valence-corrected chi connectivity index (χ3v) is 9.39. The van der Waals surface area contributed by atoms with Crippen LogP contribution in [0.4, 0.5) is 0 Å². The van der Waals surface area contributed by atoms with E-state index in [0.717, 1.165) is 54.0 Å². The van der Waals surface area contributed by atoms with Crippen LogP contribution in [0.15, 0.2) is 148 Å². The number of rotatable bonds is 2. The summed E-state index contributed by atoms with van der Waals surface area (Å²) in [5.41, 5.74) is 7.82. The molecule has 0 saturated carbocycles. The molecule has 8 aromatic rings. The molecule has 1 aliphatic rings. The molecule has 0 saturated heterocycles. The van der Waals surface area contributed by atoms with Crippen LogP contribution in [0, 0.1) is 0 Å². The van der Waals surface area contributed by atoms with Gasteiger partial charge in [-0.2, -0.15) is 0 Å². The van der Waals surface area contributed by atoms with Crippen molar-refractivity contribution < 1.29 is 0 Å². The fourth-order valence-corrected chi connectivity index (χ4v) is 7.63. The normalized spacial score (nSPS) is 12.4. The van der Waals surface area contributed by atoms with Crippen molar-refractivity contribution >= 4 is 55.2 Å². The molecule has 1 aliphatic heterocycles. The average Bonchev–Trinajstić information content (AvgIpc) is 3.36. The minimum Gasteiger partial charge on any atom is -0.309 e. The zero-order valence-corrected chi connectivity index (χ0v) is 22.7. The van der Waals surface area contributed by atoms with Gasteiger partial charge in [-0.05, 0) is 77.2 Å². The van der Waals surface area contributed by atoms with E-state index in [-0.39, 0.29) is 5.56 Å². The van der Waals surface area contributed by atoms with Gasteiger partial charge in [0, 0.05) is 37.0 Å². The maximum atomic E-state index is 13.8. The van der Waals surface area contributed by atoms with Crippen molar-refractivity contribution in [3.8, 4) is 22.5 Å². The van der Waals surface area contributed by atoms with Crippen LogP contribution in [0.5, 0.6) is 0 Å². The maximum absolute atomic E-state index is 13.8. The van der Waals surface area contributed by atoms with Gasteiger partial charge in [-0.15, -0.1) is 0 Å². The summed E-state index contributed by atoms with van der Waals surface area (Å²) in [4.78, 5) is 16.0. The Labute approximate surface area is 239 Å². The fraction of sp³-hybridized carbons (Fsp3) is 0. The minimum absolute atomic E-state index is 0.0324. The summed E-state index contributed by atoms with van der Waals surface area (Å²) < 4.78 is 4.26. The molecule has 0 aliphatic carbocycles. The molecule has 3 heterocycles. The Balaban J connectivity index is 1.35. The SMILES string of the molecule is O=c1c2ccccc2c2cc(-c3ccc4c(c3)c3ccccc3n4-c3ccccc3)cc3c2n1-c1ccccc1S3. The molecule has 192 valence electrons. The van der Waals surface area contributed by atoms with Crippen molar-refractivity contribution in [2.75, 3.05) is 0 Å². The smallest absolute Gasteiger partial charge is 0.263 e. The van der Waals surface area contributed by atoms with Crippen LogP contribution < -0.4 is 5.56 Å². The Morgan fingerprint density at radius 3 is 2.02 bits per heavy atom. The molecule has 0 fully saturated rings. The monoisotopic (exact) mass is 542 g/mol. The van der Waals surface area contributed by atoms with Crippen LogP contribution in [-0.4, -0.2) is 9.13 Å². The lowest BCUT2D eigenvalue weighted by atomic mass is 9.98. The first-order valence-corrected chi connectivity index (χ1v) is 14.6. The Hall–Kier alpha value is -5.06. The van der Waals surface area contributed by atoms with Gasteiger partial charge in [-0.1, -0.05) is 84.6 Å². The van der Waals surface area contributed by atoms with Gasteiger partial charge in [0.2, 0.25) is 0 Å². The molecule has 0 amide bonds. The van der Waals surface area contributed by atoms with E-state index in [1.54, 1.807) is 11.8 Å². The van der Waals surface area contributed by atoms with Crippen molar-refractivity contribution in [2.45, 2.75) is 9.79 Å². The molecule has 0 bridgehead atoms. The lowest BCUT2D eigenvalue weighted by Crippen LogP contribution is -2.21. The Bertz CT molecular complexity index is 2420. The van der Waals surface area contributed by atoms with Crippen LogP contribution in [0.25, 0.3) is 66.0 Å². The lowest BCUT2D eigenvalue weighted by Gasteiger charge is -2.24. The summed E-state index contributed by atoms with van der Waals surface area (Å²) >= 11 is 1.74. The number of hydrogen-bond acceptors (Lipinski definition) is 2. The molecule has 0 atom stereocenters. The second kappa shape index (κ2) is 8.47. The maximum Gasteiger partial charge on any atom is 0.263 e. The van der Waals surface area contributed by atoms with Crippen LogP contribution in [0.1, 0.15) is 0 Å². The van der Waals surface area contributed by atoms with Gasteiger partial charge in [-0.3, -0.25) is 9.36 Å². The minimum atomic E-state index is 0.0324. The standard InChI is InChI=1S/C37H22N2OS/c40-37-28-14-5-4-12-26(28)30-21-24(22-35-36(30)39(37)33-16-8-9-17-34(33)41-35)23-18-19-32-29(20-23)27-13-6-7-15-31(27)38(32)25-10-2-1-3-11-25/h1-22H. The summed E-state index contributed by atoms with van der Waals surface area (Å²) in [6, 6.07) is 46.7. The summed E-state index contributed by atoms with van der Waals surface area (Å²) in [5.74, 6) is 0.